The average molecular weight is 526 g/mol. The van der Waals surface area contributed by atoms with Crippen molar-refractivity contribution in [2.45, 2.75) is 46.0 Å². The molecule has 8 nitrogen and oxygen atoms in total. The lowest BCUT2D eigenvalue weighted by molar-refractivity contribution is -0.137. The lowest BCUT2D eigenvalue weighted by Gasteiger charge is -2.08. The second kappa shape index (κ2) is 17.6. The zero-order valence-electron chi connectivity index (χ0n) is 18.4. The molecule has 12 heteroatoms. The van der Waals surface area contributed by atoms with Gasteiger partial charge in [-0.3, -0.25) is 19.2 Å². The van der Waals surface area contributed by atoms with E-state index in [-0.39, 0.29) is 53.0 Å². The maximum absolute atomic E-state index is 11.9. The number of unbranched alkanes of at least 4 members (excludes halogenated alkanes) is 1. The Kier molecular flexibility index (Phi) is 16.1. The Bertz CT molecular complexity index is 639. The van der Waals surface area contributed by atoms with E-state index in [4.69, 9.17) is 4.74 Å². The minimum atomic E-state index is -1.09. The first kappa shape index (κ1) is 29.2. The van der Waals surface area contributed by atoms with Crippen molar-refractivity contribution < 1.29 is 33.4 Å². The van der Waals surface area contributed by atoms with E-state index in [2.05, 4.69) is 10.1 Å². The van der Waals surface area contributed by atoms with Gasteiger partial charge in [-0.1, -0.05) is 65.4 Å². The van der Waals surface area contributed by atoms with Crippen LogP contribution in [0.4, 0.5) is 4.79 Å². The predicted octanol–water partition coefficient (Wildman–Crippen LogP) is 3.92. The van der Waals surface area contributed by atoms with Crippen molar-refractivity contribution in [3.63, 3.8) is 0 Å². The number of amides is 1. The second-order valence-corrected chi connectivity index (χ2v) is 12.1. The first-order chi connectivity index (χ1) is 15.3. The number of hydrogen-bond acceptors (Lipinski definition) is 11. The van der Waals surface area contributed by atoms with E-state index in [1.54, 1.807) is 0 Å². The molecule has 0 aromatic carbocycles. The maximum atomic E-state index is 11.9. The topological polar surface area (TPSA) is 116 Å². The van der Waals surface area contributed by atoms with Gasteiger partial charge in [0.15, 0.2) is 10.2 Å². The normalized spacial score (nSPS) is 13.7. The number of hydrogen-bond donors (Lipinski definition) is 1. The van der Waals surface area contributed by atoms with Gasteiger partial charge < -0.3 is 14.8 Å². The number of nitrogens with one attached hydrogen (secondary N) is 1. The van der Waals surface area contributed by atoms with Gasteiger partial charge >= 0.3 is 12.1 Å². The molecule has 1 amide bonds. The van der Waals surface area contributed by atoms with Gasteiger partial charge in [-0.15, -0.1) is 0 Å². The Hall–Kier alpha value is -0.850. The Morgan fingerprint density at radius 3 is 2.22 bits per heavy atom. The van der Waals surface area contributed by atoms with Crippen LogP contribution in [-0.4, -0.2) is 64.4 Å². The number of rotatable bonds is 14. The second-order valence-electron chi connectivity index (χ2n) is 7.53. The third-order valence-corrected chi connectivity index (χ3v) is 8.57. The molecule has 0 saturated carbocycles. The lowest BCUT2D eigenvalue weighted by Crippen LogP contribution is -2.26. The van der Waals surface area contributed by atoms with E-state index < -0.39 is 12.1 Å². The number of esters is 1. The highest BCUT2D eigenvalue weighted by Gasteiger charge is 2.17. The van der Waals surface area contributed by atoms with Crippen molar-refractivity contribution in [1.82, 2.24) is 5.32 Å². The minimum absolute atomic E-state index is 0.0212. The molecule has 0 aromatic heterocycles. The van der Waals surface area contributed by atoms with Crippen LogP contribution in [-0.2, 0) is 28.7 Å². The zero-order valence-corrected chi connectivity index (χ0v) is 21.7. The molecule has 1 aliphatic heterocycles. The maximum Gasteiger partial charge on any atom is 0.516 e. The van der Waals surface area contributed by atoms with E-state index in [1.165, 1.54) is 17.9 Å². The number of thioether (sulfide) groups is 2. The molecule has 1 saturated heterocycles. The predicted molar refractivity (Wildman–Crippen MR) is 132 cm³/mol. The highest BCUT2D eigenvalue weighted by atomic mass is 33.1. The molecule has 1 heterocycles. The largest absolute Gasteiger partial charge is 0.516 e. The monoisotopic (exact) mass is 525 g/mol. The standard InChI is InChI=1S/C20H31NO7S4/c1-14(2)9-27-20(26)28-17(23)13-30-19(25)7-6-18(24)29-12-16(22)21-8-4-3-5-15-10-31-32-11-15/h14-15H,3-13H2,1-2H3,(H,21,22). The SMILES string of the molecule is CC(C)COC(=O)OC(=O)CSC(=O)CCC(=O)SCC(=O)NCCCCC1CSSC1. The molecule has 1 rings (SSSR count). The molecule has 0 radical (unpaired) electrons. The average Bonchev–Trinajstić information content (AvgIpc) is 3.26. The van der Waals surface area contributed by atoms with Crippen molar-refractivity contribution in [2.24, 2.45) is 11.8 Å². The van der Waals surface area contributed by atoms with Crippen LogP contribution in [0.15, 0.2) is 0 Å². The Morgan fingerprint density at radius 2 is 1.59 bits per heavy atom. The van der Waals surface area contributed by atoms with Gasteiger partial charge in [0.2, 0.25) is 5.91 Å². The third kappa shape index (κ3) is 15.9. The Balaban J connectivity index is 2.01. The number of carbonyl (C=O) groups is 5. The summed E-state index contributed by atoms with van der Waals surface area (Å²) in [6, 6.07) is 0. The van der Waals surface area contributed by atoms with Gasteiger partial charge in [-0.05, 0) is 24.7 Å². The first-order valence-electron chi connectivity index (χ1n) is 10.5. The van der Waals surface area contributed by atoms with E-state index >= 15 is 0 Å². The van der Waals surface area contributed by atoms with Gasteiger partial charge in [-0.2, -0.15) is 0 Å². The van der Waals surface area contributed by atoms with Crippen LogP contribution in [0, 0.1) is 11.8 Å². The molecule has 0 atom stereocenters. The lowest BCUT2D eigenvalue weighted by atomic mass is 10.1. The van der Waals surface area contributed by atoms with Crippen LogP contribution in [0.5, 0.6) is 0 Å². The summed E-state index contributed by atoms with van der Waals surface area (Å²) in [4.78, 5) is 58.2. The minimum Gasteiger partial charge on any atom is -0.434 e. The van der Waals surface area contributed by atoms with E-state index in [1.807, 2.05) is 35.4 Å². The van der Waals surface area contributed by atoms with Gasteiger partial charge in [0.05, 0.1) is 18.1 Å². The van der Waals surface area contributed by atoms with Gasteiger partial charge in [0, 0.05) is 30.9 Å². The van der Waals surface area contributed by atoms with Gasteiger partial charge in [0.25, 0.3) is 0 Å². The summed E-state index contributed by atoms with van der Waals surface area (Å²) in [5.41, 5.74) is 0. The van der Waals surface area contributed by atoms with Crippen molar-refractivity contribution in [2.75, 3.05) is 36.2 Å². The van der Waals surface area contributed by atoms with Crippen molar-refractivity contribution in [3.05, 3.63) is 0 Å². The Labute approximate surface area is 205 Å². The van der Waals surface area contributed by atoms with Crippen molar-refractivity contribution in [3.8, 4) is 0 Å². The van der Waals surface area contributed by atoms with Crippen LogP contribution in [0.2, 0.25) is 0 Å². The van der Waals surface area contributed by atoms with Gasteiger partial charge in [-0.25, -0.2) is 4.79 Å². The fraction of sp³-hybridized carbons (Fsp3) is 0.750. The third-order valence-electron chi connectivity index (χ3n) is 4.03. The van der Waals surface area contributed by atoms with Crippen LogP contribution >= 0.6 is 45.1 Å². The fourth-order valence-corrected chi connectivity index (χ4v) is 6.61. The summed E-state index contributed by atoms with van der Waals surface area (Å²) in [6.45, 7) is 4.42. The first-order valence-corrected chi connectivity index (χ1v) is 14.9. The summed E-state index contributed by atoms with van der Waals surface area (Å²) in [5.74, 6) is 1.95. The summed E-state index contributed by atoms with van der Waals surface area (Å²) in [6.07, 6.45) is 2.04. The van der Waals surface area contributed by atoms with Crippen LogP contribution in [0.25, 0.3) is 0 Å². The number of ether oxygens (including phenoxy) is 2. The molecule has 182 valence electrons. The molecule has 0 aliphatic carbocycles. The van der Waals surface area contributed by atoms with Crippen molar-refractivity contribution in [1.29, 1.82) is 0 Å². The molecule has 1 fully saturated rings. The summed E-state index contributed by atoms with van der Waals surface area (Å²) >= 11 is 1.56. The van der Waals surface area contributed by atoms with Crippen LogP contribution in [0.1, 0.15) is 46.0 Å². The quantitative estimate of drug-likeness (QED) is 0.154. The van der Waals surface area contributed by atoms with Crippen molar-refractivity contribution >= 4 is 73.4 Å². The summed E-state index contributed by atoms with van der Waals surface area (Å²) in [5, 5.41) is 2.18. The Morgan fingerprint density at radius 1 is 0.969 bits per heavy atom. The molecule has 0 bridgehead atoms. The van der Waals surface area contributed by atoms with E-state index in [9.17, 15) is 24.0 Å². The molecule has 1 N–H and O–H groups in total. The molecule has 1 aliphatic rings. The zero-order chi connectivity index (χ0) is 23.8. The van der Waals surface area contributed by atoms with Gasteiger partial charge in [0.1, 0.15) is 0 Å². The summed E-state index contributed by atoms with van der Waals surface area (Å²) in [7, 11) is 3.85. The highest BCUT2D eigenvalue weighted by molar-refractivity contribution is 8.77. The highest BCUT2D eigenvalue weighted by Crippen LogP contribution is 2.36. The van der Waals surface area contributed by atoms with E-state index in [0.717, 1.165) is 30.5 Å². The van der Waals surface area contributed by atoms with Crippen LogP contribution < -0.4 is 5.32 Å². The van der Waals surface area contributed by atoms with Crippen LogP contribution in [0.3, 0.4) is 0 Å². The molecular weight excluding hydrogens is 494 g/mol. The van der Waals surface area contributed by atoms with E-state index in [0.29, 0.717) is 18.3 Å². The summed E-state index contributed by atoms with van der Waals surface area (Å²) < 4.78 is 9.13. The molecule has 0 unspecified atom stereocenters. The molecule has 32 heavy (non-hydrogen) atoms. The fourth-order valence-electron chi connectivity index (χ4n) is 2.36. The molecule has 0 spiro atoms. The smallest absolute Gasteiger partial charge is 0.434 e. The molecular formula is C20H31NO7S4. The number of carbonyl (C=O) groups excluding carboxylic acids is 5. The molecule has 0 aromatic rings.